The molecule has 134 valence electrons. The quantitative estimate of drug-likeness (QED) is 0.416. The molecule has 0 atom stereocenters. The summed E-state index contributed by atoms with van der Waals surface area (Å²) in [7, 11) is 0. The van der Waals surface area contributed by atoms with Crippen molar-refractivity contribution in [3.8, 4) is 0 Å². The van der Waals surface area contributed by atoms with Crippen LogP contribution in [0.2, 0.25) is 0 Å². The molecule has 0 unspecified atom stereocenters. The molecule has 3 aromatic carbocycles. The van der Waals surface area contributed by atoms with Crippen molar-refractivity contribution in [1.82, 2.24) is 4.98 Å². The van der Waals surface area contributed by atoms with Gasteiger partial charge in [0.05, 0.1) is 10.2 Å². The fraction of sp³-hybridized carbons (Fsp3) is 0.0909. The van der Waals surface area contributed by atoms with Gasteiger partial charge in [-0.05, 0) is 42.8 Å². The monoisotopic (exact) mass is 390 g/mol. The smallest absolute Gasteiger partial charge is 0.255 e. The summed E-state index contributed by atoms with van der Waals surface area (Å²) in [6.07, 6.45) is 0. The van der Waals surface area contributed by atoms with Crippen LogP contribution in [0.4, 0.5) is 5.69 Å². The van der Waals surface area contributed by atoms with Gasteiger partial charge in [-0.3, -0.25) is 4.79 Å². The molecule has 0 aliphatic heterocycles. The minimum absolute atomic E-state index is 0.0961. The Morgan fingerprint density at radius 1 is 1.04 bits per heavy atom. The molecule has 0 saturated carbocycles. The number of fused-ring (bicyclic) bond motifs is 1. The Balaban J connectivity index is 1.48. The van der Waals surface area contributed by atoms with Crippen LogP contribution < -0.4 is 5.32 Å². The lowest BCUT2D eigenvalue weighted by atomic mass is 10.1. The molecule has 0 saturated heterocycles. The van der Waals surface area contributed by atoms with Crippen LogP contribution in [0, 0.1) is 6.92 Å². The number of thioether (sulfide) groups is 1. The molecule has 0 radical (unpaired) electrons. The highest BCUT2D eigenvalue weighted by Crippen LogP contribution is 2.33. The molecule has 1 aromatic heterocycles. The van der Waals surface area contributed by atoms with Crippen molar-refractivity contribution in [1.29, 1.82) is 0 Å². The van der Waals surface area contributed by atoms with Crippen LogP contribution in [0.1, 0.15) is 21.5 Å². The molecule has 1 N–H and O–H groups in total. The van der Waals surface area contributed by atoms with E-state index in [1.165, 1.54) is 5.56 Å². The maximum absolute atomic E-state index is 12.4. The number of hydrogen-bond acceptors (Lipinski definition) is 4. The van der Waals surface area contributed by atoms with Gasteiger partial charge in [-0.25, -0.2) is 4.98 Å². The molecule has 4 rings (SSSR count). The maximum Gasteiger partial charge on any atom is 0.255 e. The molecule has 0 fully saturated rings. The fourth-order valence-electron chi connectivity index (χ4n) is 2.75. The van der Waals surface area contributed by atoms with E-state index in [-0.39, 0.29) is 5.91 Å². The Hall–Kier alpha value is -2.63. The van der Waals surface area contributed by atoms with E-state index in [4.69, 9.17) is 0 Å². The molecular formula is C22H18N2OS2. The summed E-state index contributed by atoms with van der Waals surface area (Å²) in [4.78, 5) is 17.1. The standard InChI is InChI=1S/C22H18N2OS2/c1-15-6-5-9-17(12-15)21(25)23-18-10-11-19-20(13-18)27-22(24-19)26-14-16-7-3-2-4-8-16/h2-13H,14H2,1H3,(H,23,25). The SMILES string of the molecule is Cc1cccc(C(=O)Nc2ccc3nc(SCc4ccccc4)sc3c2)c1. The van der Waals surface area contributed by atoms with Crippen molar-refractivity contribution in [3.05, 3.63) is 89.5 Å². The van der Waals surface area contributed by atoms with Gasteiger partial charge in [0.2, 0.25) is 0 Å². The minimum Gasteiger partial charge on any atom is -0.322 e. The Morgan fingerprint density at radius 3 is 2.70 bits per heavy atom. The van der Waals surface area contributed by atoms with Gasteiger partial charge >= 0.3 is 0 Å². The number of rotatable bonds is 5. The average Bonchev–Trinajstić information content (AvgIpc) is 3.09. The second-order valence-electron chi connectivity index (χ2n) is 6.26. The summed E-state index contributed by atoms with van der Waals surface area (Å²) in [5.41, 5.74) is 4.77. The van der Waals surface area contributed by atoms with Gasteiger partial charge in [0.25, 0.3) is 5.91 Å². The van der Waals surface area contributed by atoms with Gasteiger partial charge in [0, 0.05) is 17.0 Å². The van der Waals surface area contributed by atoms with E-state index in [0.29, 0.717) is 5.56 Å². The number of nitrogens with one attached hydrogen (secondary N) is 1. The van der Waals surface area contributed by atoms with E-state index in [1.54, 1.807) is 23.1 Å². The summed E-state index contributed by atoms with van der Waals surface area (Å²) >= 11 is 3.39. The number of benzene rings is 3. The minimum atomic E-state index is -0.0961. The third-order valence-electron chi connectivity index (χ3n) is 4.11. The lowest BCUT2D eigenvalue weighted by Gasteiger charge is -2.05. The number of carbonyl (C=O) groups excluding carboxylic acids is 1. The molecule has 27 heavy (non-hydrogen) atoms. The first kappa shape index (κ1) is 17.8. The second kappa shape index (κ2) is 7.94. The molecule has 5 heteroatoms. The highest BCUT2D eigenvalue weighted by atomic mass is 32.2. The lowest BCUT2D eigenvalue weighted by molar-refractivity contribution is 0.102. The number of nitrogens with zero attached hydrogens (tertiary/aromatic N) is 1. The Kier molecular flexibility index (Phi) is 5.23. The number of thiazole rings is 1. The van der Waals surface area contributed by atoms with E-state index in [9.17, 15) is 4.79 Å². The van der Waals surface area contributed by atoms with Crippen LogP contribution in [0.5, 0.6) is 0 Å². The van der Waals surface area contributed by atoms with Crippen LogP contribution in [-0.2, 0) is 5.75 Å². The molecule has 3 nitrogen and oxygen atoms in total. The van der Waals surface area contributed by atoms with Gasteiger partial charge in [0.1, 0.15) is 0 Å². The molecule has 0 aliphatic carbocycles. The van der Waals surface area contributed by atoms with Gasteiger partial charge in [-0.2, -0.15) is 0 Å². The average molecular weight is 391 g/mol. The third kappa shape index (κ3) is 4.38. The van der Waals surface area contributed by atoms with Crippen LogP contribution in [0.3, 0.4) is 0 Å². The van der Waals surface area contributed by atoms with Crippen molar-refractivity contribution in [2.75, 3.05) is 5.32 Å². The first-order valence-corrected chi connectivity index (χ1v) is 10.4. The summed E-state index contributed by atoms with van der Waals surface area (Å²) in [5, 5.41) is 2.98. The maximum atomic E-state index is 12.4. The van der Waals surface area contributed by atoms with E-state index >= 15 is 0 Å². The normalized spacial score (nSPS) is 10.9. The molecule has 4 aromatic rings. The predicted octanol–water partition coefficient (Wildman–Crippen LogP) is 6.15. The van der Waals surface area contributed by atoms with Crippen molar-refractivity contribution < 1.29 is 4.79 Å². The van der Waals surface area contributed by atoms with Gasteiger partial charge in [0.15, 0.2) is 4.34 Å². The van der Waals surface area contributed by atoms with Crippen LogP contribution >= 0.6 is 23.1 Å². The summed E-state index contributed by atoms with van der Waals surface area (Å²) in [6.45, 7) is 1.98. The van der Waals surface area contributed by atoms with Crippen molar-refractivity contribution in [3.63, 3.8) is 0 Å². The van der Waals surface area contributed by atoms with Crippen LogP contribution in [0.15, 0.2) is 77.1 Å². The van der Waals surface area contributed by atoms with Crippen molar-refractivity contribution in [2.24, 2.45) is 0 Å². The Morgan fingerprint density at radius 2 is 1.89 bits per heavy atom. The van der Waals surface area contributed by atoms with E-state index in [0.717, 1.165) is 31.6 Å². The fourth-order valence-corrected chi connectivity index (χ4v) is 4.82. The zero-order valence-electron chi connectivity index (χ0n) is 14.8. The van der Waals surface area contributed by atoms with E-state index in [2.05, 4.69) is 34.6 Å². The number of hydrogen-bond donors (Lipinski definition) is 1. The molecule has 1 heterocycles. The van der Waals surface area contributed by atoms with Crippen molar-refractivity contribution >= 4 is 44.9 Å². The summed E-state index contributed by atoms with van der Waals surface area (Å²) in [5.74, 6) is 0.804. The third-order valence-corrected chi connectivity index (χ3v) is 6.34. The topological polar surface area (TPSA) is 42.0 Å². The van der Waals surface area contributed by atoms with Crippen LogP contribution in [-0.4, -0.2) is 10.9 Å². The molecule has 1 amide bonds. The Labute approximate surface area is 166 Å². The second-order valence-corrected chi connectivity index (χ2v) is 8.51. The number of aryl methyl sites for hydroxylation is 1. The van der Waals surface area contributed by atoms with Gasteiger partial charge in [-0.1, -0.05) is 59.8 Å². The molecule has 0 aliphatic rings. The number of amides is 1. The number of carbonyl (C=O) groups is 1. The highest BCUT2D eigenvalue weighted by Gasteiger charge is 2.09. The molecular weight excluding hydrogens is 372 g/mol. The lowest BCUT2D eigenvalue weighted by Crippen LogP contribution is -2.11. The largest absolute Gasteiger partial charge is 0.322 e. The Bertz CT molecular complexity index is 1090. The first-order chi connectivity index (χ1) is 13.2. The highest BCUT2D eigenvalue weighted by molar-refractivity contribution is 8.00. The van der Waals surface area contributed by atoms with Gasteiger partial charge in [-0.15, -0.1) is 11.3 Å². The zero-order chi connectivity index (χ0) is 18.6. The number of anilines is 1. The van der Waals surface area contributed by atoms with E-state index < -0.39 is 0 Å². The molecule has 0 bridgehead atoms. The van der Waals surface area contributed by atoms with Gasteiger partial charge < -0.3 is 5.32 Å². The zero-order valence-corrected chi connectivity index (χ0v) is 16.4. The summed E-state index contributed by atoms with van der Waals surface area (Å²) in [6, 6.07) is 23.8. The number of aromatic nitrogens is 1. The van der Waals surface area contributed by atoms with Crippen LogP contribution in [0.25, 0.3) is 10.2 Å². The first-order valence-electron chi connectivity index (χ1n) is 8.63. The summed E-state index contributed by atoms with van der Waals surface area (Å²) < 4.78 is 2.11. The van der Waals surface area contributed by atoms with Crippen molar-refractivity contribution in [2.45, 2.75) is 17.0 Å². The predicted molar refractivity (Wildman–Crippen MR) is 115 cm³/mol. The molecule has 0 spiro atoms. The van der Waals surface area contributed by atoms with E-state index in [1.807, 2.05) is 55.5 Å².